The lowest BCUT2D eigenvalue weighted by Crippen LogP contribution is -2.55. The molecule has 0 amide bonds. The van der Waals surface area contributed by atoms with E-state index in [9.17, 15) is 0 Å². The lowest BCUT2D eigenvalue weighted by atomic mass is 9.43. The third-order valence-electron chi connectivity index (χ3n) is 15.6. The number of fused-ring (bicyclic) bond motifs is 9. The quantitative estimate of drug-likeness (QED) is 0.175. The van der Waals surface area contributed by atoms with Crippen molar-refractivity contribution in [3.8, 4) is 44.9 Å². The molecule has 10 aromatic rings. The van der Waals surface area contributed by atoms with Crippen molar-refractivity contribution >= 4 is 43.6 Å². The van der Waals surface area contributed by atoms with Crippen LogP contribution in [0.1, 0.15) is 43.2 Å². The third-order valence-corrected chi connectivity index (χ3v) is 15.6. The number of benzene rings is 7. The maximum absolute atomic E-state index is 4.57. The molecule has 0 N–H and O–H groups in total. The summed E-state index contributed by atoms with van der Waals surface area (Å²) < 4.78 is 4.95. The summed E-state index contributed by atoms with van der Waals surface area (Å²) in [6.07, 6.45) is 8.92. The molecule has 15 rings (SSSR count). The number of hydrogen-bond acceptors (Lipinski definition) is 1. The van der Waals surface area contributed by atoms with Crippen LogP contribution in [0, 0.1) is 23.7 Å². The predicted molar refractivity (Wildman–Crippen MR) is 247 cm³/mol. The molecular formula is C57H43N3. The summed E-state index contributed by atoms with van der Waals surface area (Å²) in [5.74, 6) is 3.35. The van der Waals surface area contributed by atoms with Gasteiger partial charge in [0.25, 0.3) is 0 Å². The van der Waals surface area contributed by atoms with Gasteiger partial charge in [-0.2, -0.15) is 0 Å². The molecule has 5 aliphatic rings. The smallest absolute Gasteiger partial charge is 0.0701 e. The normalized spacial score (nSPS) is 22.4. The van der Waals surface area contributed by atoms with Crippen molar-refractivity contribution < 1.29 is 0 Å². The maximum Gasteiger partial charge on any atom is 0.0701 e. The highest BCUT2D eigenvalue weighted by Gasteiger charge is 2.61. The van der Waals surface area contributed by atoms with Crippen molar-refractivity contribution in [2.75, 3.05) is 0 Å². The molecule has 5 aliphatic carbocycles. The Bertz CT molecular complexity index is 3350. The highest BCUT2D eigenvalue weighted by molar-refractivity contribution is 6.12. The van der Waals surface area contributed by atoms with Crippen LogP contribution in [0.2, 0.25) is 0 Å². The Hall–Kier alpha value is -6.71. The second-order valence-electron chi connectivity index (χ2n) is 18.4. The first-order chi connectivity index (χ1) is 29.7. The van der Waals surface area contributed by atoms with Gasteiger partial charge in [-0.1, -0.05) is 97.1 Å². The monoisotopic (exact) mass is 769 g/mol. The number of para-hydroxylation sites is 2. The summed E-state index contributed by atoms with van der Waals surface area (Å²) in [4.78, 5) is 4.57. The molecule has 0 atom stereocenters. The lowest BCUT2D eigenvalue weighted by Gasteiger charge is -2.61. The largest absolute Gasteiger partial charge is 0.309 e. The van der Waals surface area contributed by atoms with Crippen molar-refractivity contribution in [2.45, 2.75) is 37.5 Å². The van der Waals surface area contributed by atoms with Gasteiger partial charge >= 0.3 is 0 Å². The van der Waals surface area contributed by atoms with Gasteiger partial charge in [-0.05, 0) is 162 Å². The van der Waals surface area contributed by atoms with Gasteiger partial charge in [0.2, 0.25) is 0 Å². The van der Waals surface area contributed by atoms with Gasteiger partial charge in [-0.3, -0.25) is 4.98 Å². The number of nitrogens with zero attached hydrogens (tertiary/aromatic N) is 3. The van der Waals surface area contributed by atoms with Gasteiger partial charge in [-0.15, -0.1) is 0 Å². The molecular weight excluding hydrogens is 727 g/mol. The van der Waals surface area contributed by atoms with E-state index in [1.54, 1.807) is 11.1 Å². The van der Waals surface area contributed by atoms with E-state index in [0.29, 0.717) is 0 Å². The predicted octanol–water partition coefficient (Wildman–Crippen LogP) is 14.3. The zero-order valence-electron chi connectivity index (χ0n) is 33.4. The van der Waals surface area contributed by atoms with E-state index in [1.165, 1.54) is 104 Å². The average Bonchev–Trinajstić information content (AvgIpc) is 3.92. The van der Waals surface area contributed by atoms with Crippen LogP contribution in [0.5, 0.6) is 0 Å². The van der Waals surface area contributed by atoms with Crippen molar-refractivity contribution in [1.29, 1.82) is 0 Å². The Labute approximate surface area is 349 Å². The zero-order chi connectivity index (χ0) is 39.1. The van der Waals surface area contributed by atoms with Gasteiger partial charge in [0, 0.05) is 50.1 Å². The van der Waals surface area contributed by atoms with Crippen LogP contribution in [0.4, 0.5) is 0 Å². The van der Waals surface area contributed by atoms with Gasteiger partial charge < -0.3 is 9.13 Å². The van der Waals surface area contributed by atoms with Gasteiger partial charge in [-0.25, -0.2) is 0 Å². The van der Waals surface area contributed by atoms with Crippen molar-refractivity contribution in [1.82, 2.24) is 14.1 Å². The Morgan fingerprint density at radius 3 is 1.58 bits per heavy atom. The SMILES string of the molecule is c1ccc(-c2ccc(-n3c4ccccc4c4cc(-c5ccc6c(c5)c5ccccc5n6-c5ccc6c(c5)C5(c7ccccc7-6)C6CC7CC(C6)CC5C7)ccc43)cc2)nc1. The summed E-state index contributed by atoms with van der Waals surface area (Å²) in [5.41, 5.74) is 18.3. The van der Waals surface area contributed by atoms with Crippen LogP contribution in [-0.2, 0) is 5.41 Å². The van der Waals surface area contributed by atoms with Gasteiger partial charge in [0.1, 0.15) is 0 Å². The van der Waals surface area contributed by atoms with E-state index in [-0.39, 0.29) is 5.41 Å². The van der Waals surface area contributed by atoms with E-state index in [1.807, 2.05) is 18.3 Å². The molecule has 60 heavy (non-hydrogen) atoms. The van der Waals surface area contributed by atoms with Crippen LogP contribution in [0.15, 0.2) is 176 Å². The first kappa shape index (κ1) is 33.2. The fourth-order valence-electron chi connectivity index (χ4n) is 13.5. The molecule has 1 spiro atoms. The summed E-state index contributed by atoms with van der Waals surface area (Å²) in [6.45, 7) is 0. The average molecular weight is 770 g/mol. The minimum atomic E-state index is 0.145. The van der Waals surface area contributed by atoms with E-state index in [2.05, 4.69) is 172 Å². The standard InChI is InChI=1S/C57H43N3/c1-4-12-50-44(9-1)45-23-22-43(34-51(45)57(50)40-28-35-27-36(30-40)31-41(57)29-35)60-54-15-6-3-11-47(54)49-33-39(19-25-56(49)60)38-18-24-55-48(32-38)46-10-2-5-14-53(46)59(55)42-20-16-37(17-21-42)52-13-7-8-26-58-52/h1-26,32-36,40-41H,27-31H2. The first-order valence-corrected chi connectivity index (χ1v) is 22.0. The fraction of sp³-hybridized carbons (Fsp3) is 0.175. The van der Waals surface area contributed by atoms with Gasteiger partial charge in [0.05, 0.1) is 27.8 Å². The van der Waals surface area contributed by atoms with E-state index in [4.69, 9.17) is 0 Å². The zero-order valence-corrected chi connectivity index (χ0v) is 33.4. The molecule has 3 heterocycles. The van der Waals surface area contributed by atoms with Crippen LogP contribution < -0.4 is 0 Å². The van der Waals surface area contributed by atoms with Crippen molar-refractivity contribution in [3.05, 3.63) is 187 Å². The van der Waals surface area contributed by atoms with Gasteiger partial charge in [0.15, 0.2) is 0 Å². The summed E-state index contributed by atoms with van der Waals surface area (Å²) >= 11 is 0. The van der Waals surface area contributed by atoms with Crippen LogP contribution in [0.25, 0.3) is 88.5 Å². The number of pyridine rings is 1. The lowest BCUT2D eigenvalue weighted by molar-refractivity contribution is -0.0399. The van der Waals surface area contributed by atoms with Crippen LogP contribution in [0.3, 0.4) is 0 Å². The minimum absolute atomic E-state index is 0.145. The van der Waals surface area contributed by atoms with E-state index >= 15 is 0 Å². The molecule has 0 saturated heterocycles. The highest BCUT2D eigenvalue weighted by Crippen LogP contribution is 2.69. The van der Waals surface area contributed by atoms with Crippen LogP contribution >= 0.6 is 0 Å². The molecule has 286 valence electrons. The molecule has 4 fully saturated rings. The summed E-state index contributed by atoms with van der Waals surface area (Å²) in [5, 5.41) is 5.12. The fourth-order valence-corrected chi connectivity index (χ4v) is 13.5. The van der Waals surface area contributed by atoms with E-state index in [0.717, 1.165) is 40.6 Å². The summed E-state index contributed by atoms with van der Waals surface area (Å²) in [6, 6.07) is 63.9. The second kappa shape index (κ2) is 12.2. The molecule has 7 aromatic carbocycles. The Morgan fingerprint density at radius 2 is 0.933 bits per heavy atom. The molecule has 0 radical (unpaired) electrons. The number of hydrogen-bond donors (Lipinski definition) is 0. The Balaban J connectivity index is 0.902. The topological polar surface area (TPSA) is 22.8 Å². The third kappa shape index (κ3) is 4.42. The van der Waals surface area contributed by atoms with E-state index < -0.39 is 0 Å². The highest BCUT2D eigenvalue weighted by atomic mass is 15.0. The Kier molecular flexibility index (Phi) is 6.73. The van der Waals surface area contributed by atoms with Crippen molar-refractivity contribution in [3.63, 3.8) is 0 Å². The number of aromatic nitrogens is 3. The van der Waals surface area contributed by atoms with Crippen LogP contribution in [-0.4, -0.2) is 14.1 Å². The first-order valence-electron chi connectivity index (χ1n) is 22.0. The van der Waals surface area contributed by atoms with Crippen molar-refractivity contribution in [2.24, 2.45) is 23.7 Å². The molecule has 3 aromatic heterocycles. The second-order valence-corrected chi connectivity index (χ2v) is 18.4. The maximum atomic E-state index is 4.57. The molecule has 3 nitrogen and oxygen atoms in total. The molecule has 4 saturated carbocycles. The summed E-state index contributed by atoms with van der Waals surface area (Å²) in [7, 11) is 0. The number of rotatable bonds is 4. The molecule has 4 bridgehead atoms. The Morgan fingerprint density at radius 1 is 0.400 bits per heavy atom. The molecule has 0 aliphatic heterocycles. The minimum Gasteiger partial charge on any atom is -0.309 e. The molecule has 0 unspecified atom stereocenters. The molecule has 3 heteroatoms.